The summed E-state index contributed by atoms with van der Waals surface area (Å²) in [4.78, 5) is 26.4. The Hall–Kier alpha value is -2.86. The summed E-state index contributed by atoms with van der Waals surface area (Å²) < 4.78 is 10.9. The molecule has 1 aliphatic carbocycles. The van der Waals surface area contributed by atoms with E-state index in [1.807, 2.05) is 48.0 Å². The zero-order valence-corrected chi connectivity index (χ0v) is 19.1. The molecule has 1 aromatic carbocycles. The van der Waals surface area contributed by atoms with Crippen molar-refractivity contribution in [3.05, 3.63) is 74.8 Å². The number of hydrogen-bond acceptors (Lipinski definition) is 6. The van der Waals surface area contributed by atoms with Crippen molar-refractivity contribution < 1.29 is 19.1 Å². The number of carbonyl (C=O) groups excluding carboxylic acids is 2. The molecule has 1 atom stereocenters. The summed E-state index contributed by atoms with van der Waals surface area (Å²) in [5.74, 6) is 0.0550. The van der Waals surface area contributed by atoms with E-state index in [0.29, 0.717) is 17.6 Å². The predicted octanol–water partition coefficient (Wildman–Crippen LogP) is 5.10. The molecule has 0 amide bonds. The minimum Gasteiger partial charge on any atom is -0.497 e. The van der Waals surface area contributed by atoms with Gasteiger partial charge in [0, 0.05) is 29.3 Å². The van der Waals surface area contributed by atoms with Crippen LogP contribution >= 0.6 is 11.3 Å². The molecule has 0 saturated carbocycles. The van der Waals surface area contributed by atoms with Gasteiger partial charge >= 0.3 is 5.97 Å². The van der Waals surface area contributed by atoms with Crippen molar-refractivity contribution in [2.45, 2.75) is 46.1 Å². The second kappa shape index (κ2) is 8.35. The second-order valence-electron chi connectivity index (χ2n) is 8.91. The number of thiophene rings is 1. The molecule has 31 heavy (non-hydrogen) atoms. The lowest BCUT2D eigenvalue weighted by molar-refractivity contribution is -0.140. The number of benzene rings is 1. The van der Waals surface area contributed by atoms with Gasteiger partial charge in [0.05, 0.1) is 12.7 Å². The number of esters is 1. The predicted molar refractivity (Wildman–Crippen MR) is 121 cm³/mol. The third-order valence-corrected chi connectivity index (χ3v) is 6.57. The molecule has 162 valence electrons. The van der Waals surface area contributed by atoms with Gasteiger partial charge in [-0.3, -0.25) is 4.79 Å². The Morgan fingerprint density at radius 3 is 2.58 bits per heavy atom. The van der Waals surface area contributed by atoms with Crippen LogP contribution in [0.5, 0.6) is 5.75 Å². The van der Waals surface area contributed by atoms with Crippen LogP contribution in [-0.2, 0) is 20.9 Å². The quantitative estimate of drug-likeness (QED) is 0.659. The first-order valence-corrected chi connectivity index (χ1v) is 11.3. The van der Waals surface area contributed by atoms with Crippen LogP contribution in [0.3, 0.4) is 0 Å². The Morgan fingerprint density at radius 2 is 1.94 bits per heavy atom. The summed E-state index contributed by atoms with van der Waals surface area (Å²) in [6.45, 7) is 6.25. The number of Topliss-reactive ketones (excluding diaryl/α,β-unsaturated/α-hetero) is 1. The van der Waals surface area contributed by atoms with E-state index >= 15 is 0 Å². The summed E-state index contributed by atoms with van der Waals surface area (Å²) in [5.41, 5.74) is 4.64. The van der Waals surface area contributed by atoms with Crippen molar-refractivity contribution >= 4 is 23.1 Å². The maximum atomic E-state index is 13.2. The molecular weight excluding hydrogens is 410 g/mol. The molecule has 1 aliphatic heterocycles. The molecular formula is C25H27NO4S. The molecule has 6 heteroatoms. The van der Waals surface area contributed by atoms with Gasteiger partial charge in [0.2, 0.25) is 0 Å². The highest BCUT2D eigenvalue weighted by molar-refractivity contribution is 7.08. The van der Waals surface area contributed by atoms with Crippen molar-refractivity contribution in [2.24, 2.45) is 5.41 Å². The zero-order chi connectivity index (χ0) is 22.2. The standard InChI is InChI=1S/C25H27NO4S/c1-15-21(24(28)30-13-16-5-7-18(29-4)8-6-16)22(17-9-10-31-14-17)23-19(26-15)11-25(2,3)12-20(23)27/h5-10,14,22,26H,11-13H2,1-4H3/t22-/m1/s1. The van der Waals surface area contributed by atoms with Gasteiger partial charge in [-0.05, 0) is 58.8 Å². The van der Waals surface area contributed by atoms with E-state index in [1.165, 1.54) is 0 Å². The normalized spacial score (nSPS) is 20.3. The fourth-order valence-electron chi connectivity index (χ4n) is 4.43. The lowest BCUT2D eigenvalue weighted by Crippen LogP contribution is -2.38. The third-order valence-electron chi connectivity index (χ3n) is 5.87. The molecule has 2 aromatic rings. The molecule has 0 saturated heterocycles. The first-order valence-electron chi connectivity index (χ1n) is 10.4. The molecule has 1 N–H and O–H groups in total. The Bertz CT molecular complexity index is 1060. The fraction of sp³-hybridized carbons (Fsp3) is 0.360. The Balaban J connectivity index is 1.64. The summed E-state index contributed by atoms with van der Waals surface area (Å²) in [5, 5.41) is 7.35. The van der Waals surface area contributed by atoms with Crippen LogP contribution in [0.4, 0.5) is 0 Å². The maximum absolute atomic E-state index is 13.2. The topological polar surface area (TPSA) is 64.6 Å². The molecule has 0 spiro atoms. The third kappa shape index (κ3) is 4.30. The summed E-state index contributed by atoms with van der Waals surface area (Å²) in [6, 6.07) is 9.40. The average molecular weight is 438 g/mol. The van der Waals surface area contributed by atoms with Gasteiger partial charge in [0.15, 0.2) is 5.78 Å². The van der Waals surface area contributed by atoms with Crippen LogP contribution in [0.25, 0.3) is 0 Å². The average Bonchev–Trinajstić information content (AvgIpc) is 3.25. The molecule has 0 radical (unpaired) electrons. The highest BCUT2D eigenvalue weighted by Gasteiger charge is 2.43. The number of dihydropyridines is 1. The van der Waals surface area contributed by atoms with Crippen LogP contribution in [0, 0.1) is 5.41 Å². The lowest BCUT2D eigenvalue weighted by atomic mass is 9.69. The van der Waals surface area contributed by atoms with E-state index in [9.17, 15) is 9.59 Å². The first kappa shape index (κ1) is 21.4. The lowest BCUT2D eigenvalue weighted by Gasteiger charge is -2.39. The molecule has 2 heterocycles. The number of carbonyl (C=O) groups is 2. The Labute approximate surface area is 186 Å². The smallest absolute Gasteiger partial charge is 0.337 e. The summed E-state index contributed by atoms with van der Waals surface area (Å²) in [6.07, 6.45) is 1.25. The van der Waals surface area contributed by atoms with Gasteiger partial charge in [-0.1, -0.05) is 26.0 Å². The Kier molecular flexibility index (Phi) is 5.75. The van der Waals surface area contributed by atoms with E-state index in [-0.39, 0.29) is 17.8 Å². The van der Waals surface area contributed by atoms with Crippen molar-refractivity contribution in [3.8, 4) is 5.75 Å². The number of methoxy groups -OCH3 is 1. The van der Waals surface area contributed by atoms with Crippen LogP contribution in [0.15, 0.2) is 63.6 Å². The van der Waals surface area contributed by atoms with Crippen LogP contribution < -0.4 is 10.1 Å². The van der Waals surface area contributed by atoms with Gasteiger partial charge < -0.3 is 14.8 Å². The van der Waals surface area contributed by atoms with Gasteiger partial charge in [-0.25, -0.2) is 4.79 Å². The van der Waals surface area contributed by atoms with Gasteiger partial charge in [0.1, 0.15) is 12.4 Å². The van der Waals surface area contributed by atoms with Crippen LogP contribution in [-0.4, -0.2) is 18.9 Å². The number of ketones is 1. The molecule has 0 unspecified atom stereocenters. The number of ether oxygens (including phenoxy) is 2. The van der Waals surface area contributed by atoms with E-state index in [1.54, 1.807) is 18.4 Å². The van der Waals surface area contributed by atoms with E-state index in [2.05, 4.69) is 19.2 Å². The first-order chi connectivity index (χ1) is 14.8. The van der Waals surface area contributed by atoms with Crippen molar-refractivity contribution in [1.29, 1.82) is 0 Å². The summed E-state index contributed by atoms with van der Waals surface area (Å²) >= 11 is 1.56. The van der Waals surface area contributed by atoms with E-state index < -0.39 is 11.9 Å². The number of allylic oxidation sites excluding steroid dienone is 3. The Morgan fingerprint density at radius 1 is 1.19 bits per heavy atom. The van der Waals surface area contributed by atoms with Crippen molar-refractivity contribution in [2.75, 3.05) is 7.11 Å². The van der Waals surface area contributed by atoms with Gasteiger partial charge in [-0.2, -0.15) is 11.3 Å². The van der Waals surface area contributed by atoms with Gasteiger partial charge in [0.25, 0.3) is 0 Å². The maximum Gasteiger partial charge on any atom is 0.337 e. The minimum atomic E-state index is -0.402. The molecule has 4 rings (SSSR count). The summed E-state index contributed by atoms with van der Waals surface area (Å²) in [7, 11) is 1.61. The number of rotatable bonds is 5. The minimum absolute atomic E-state index is 0.0999. The highest BCUT2D eigenvalue weighted by Crippen LogP contribution is 2.47. The van der Waals surface area contributed by atoms with Gasteiger partial charge in [-0.15, -0.1) is 0 Å². The number of hydrogen-bond donors (Lipinski definition) is 1. The molecule has 0 fully saturated rings. The van der Waals surface area contributed by atoms with Crippen molar-refractivity contribution in [3.63, 3.8) is 0 Å². The monoisotopic (exact) mass is 437 g/mol. The van der Waals surface area contributed by atoms with Crippen LogP contribution in [0.1, 0.15) is 50.7 Å². The highest BCUT2D eigenvalue weighted by atomic mass is 32.1. The van der Waals surface area contributed by atoms with E-state index in [4.69, 9.17) is 9.47 Å². The molecule has 5 nitrogen and oxygen atoms in total. The largest absolute Gasteiger partial charge is 0.497 e. The second-order valence-corrected chi connectivity index (χ2v) is 9.69. The molecule has 1 aromatic heterocycles. The zero-order valence-electron chi connectivity index (χ0n) is 18.3. The fourth-order valence-corrected chi connectivity index (χ4v) is 5.11. The van der Waals surface area contributed by atoms with Crippen molar-refractivity contribution in [1.82, 2.24) is 5.32 Å². The SMILES string of the molecule is COc1ccc(COC(=O)C2=C(C)NC3=C(C(=O)CC(C)(C)C3)[C@@H]2c2ccsc2)cc1. The van der Waals surface area contributed by atoms with E-state index in [0.717, 1.165) is 34.7 Å². The molecule has 0 bridgehead atoms. The van der Waals surface area contributed by atoms with Crippen LogP contribution in [0.2, 0.25) is 0 Å². The number of nitrogens with one attached hydrogen (secondary N) is 1. The molecule has 2 aliphatic rings.